The van der Waals surface area contributed by atoms with Crippen molar-refractivity contribution in [1.82, 2.24) is 0 Å². The summed E-state index contributed by atoms with van der Waals surface area (Å²) in [5.41, 5.74) is -0.621. The molecule has 0 aliphatic rings. The summed E-state index contributed by atoms with van der Waals surface area (Å²) < 4.78 is 0.522. The Morgan fingerprint density at radius 1 is 0.724 bits per heavy atom. The van der Waals surface area contributed by atoms with Crippen molar-refractivity contribution in [2.75, 3.05) is 21.1 Å². The molecular formula is C26H54NO2+. The van der Waals surface area contributed by atoms with Crippen LogP contribution in [0.15, 0.2) is 0 Å². The predicted octanol–water partition coefficient (Wildman–Crippen LogP) is 7.82. The number of carboxylic acid groups (broad SMARTS) is 1. The number of unbranched alkanes of at least 4 members (excludes halogenated alkanes) is 12. The second-order valence-corrected chi connectivity index (χ2v) is 10.6. The highest BCUT2D eigenvalue weighted by Gasteiger charge is 2.48. The molecule has 3 heteroatoms. The predicted molar refractivity (Wildman–Crippen MR) is 127 cm³/mol. The lowest BCUT2D eigenvalue weighted by Gasteiger charge is -2.43. The zero-order valence-electron chi connectivity index (χ0n) is 20.9. The van der Waals surface area contributed by atoms with Gasteiger partial charge >= 0.3 is 5.97 Å². The van der Waals surface area contributed by atoms with Gasteiger partial charge in [-0.25, -0.2) is 4.79 Å². The Balaban J connectivity index is 3.68. The van der Waals surface area contributed by atoms with Crippen LogP contribution in [-0.2, 0) is 4.79 Å². The summed E-state index contributed by atoms with van der Waals surface area (Å²) in [6.07, 6.45) is 21.3. The Bertz CT molecular complexity index is 400. The first-order valence-corrected chi connectivity index (χ1v) is 12.7. The Morgan fingerprint density at radius 3 is 1.41 bits per heavy atom. The molecule has 0 fully saturated rings. The van der Waals surface area contributed by atoms with Gasteiger partial charge in [0.15, 0.2) is 5.54 Å². The number of likely N-dealkylation sites (N-methyl/N-ethyl adjacent to an activating group) is 1. The van der Waals surface area contributed by atoms with E-state index in [-0.39, 0.29) is 0 Å². The average Bonchev–Trinajstić information content (AvgIpc) is 2.62. The highest BCUT2D eigenvalue weighted by Crippen LogP contribution is 2.31. The number of hydrogen-bond acceptors (Lipinski definition) is 1. The lowest BCUT2D eigenvalue weighted by atomic mass is 9.84. The fourth-order valence-electron chi connectivity index (χ4n) is 4.62. The van der Waals surface area contributed by atoms with Crippen molar-refractivity contribution in [2.24, 2.45) is 5.92 Å². The molecule has 0 amide bonds. The van der Waals surface area contributed by atoms with E-state index in [0.717, 1.165) is 31.6 Å². The van der Waals surface area contributed by atoms with Crippen LogP contribution in [0.1, 0.15) is 130 Å². The summed E-state index contributed by atoms with van der Waals surface area (Å²) in [5.74, 6) is 0.246. The van der Waals surface area contributed by atoms with Crippen molar-refractivity contribution in [3.05, 3.63) is 0 Å². The number of carbonyl (C=O) groups is 1. The van der Waals surface area contributed by atoms with Crippen molar-refractivity contribution in [1.29, 1.82) is 0 Å². The van der Waals surface area contributed by atoms with E-state index in [2.05, 4.69) is 20.8 Å². The topological polar surface area (TPSA) is 37.3 Å². The molecule has 0 rings (SSSR count). The molecule has 0 spiro atoms. The van der Waals surface area contributed by atoms with Crippen LogP contribution in [0.5, 0.6) is 0 Å². The maximum atomic E-state index is 12.0. The number of nitrogens with zero attached hydrogens (tertiary/aromatic N) is 1. The van der Waals surface area contributed by atoms with Crippen molar-refractivity contribution in [3.8, 4) is 0 Å². The summed E-state index contributed by atoms with van der Waals surface area (Å²) in [6, 6.07) is 0. The zero-order chi connectivity index (χ0) is 22.2. The monoisotopic (exact) mass is 412 g/mol. The number of aliphatic carboxylic acids is 1. The molecule has 0 bridgehead atoms. The number of quaternary nitrogens is 1. The molecule has 0 aromatic carbocycles. The third-order valence-corrected chi connectivity index (χ3v) is 6.72. The molecule has 0 aliphatic carbocycles. The van der Waals surface area contributed by atoms with Gasteiger partial charge in [-0.05, 0) is 18.8 Å². The van der Waals surface area contributed by atoms with Crippen LogP contribution in [-0.4, -0.2) is 42.2 Å². The smallest absolute Gasteiger partial charge is 0.365 e. The van der Waals surface area contributed by atoms with Crippen molar-refractivity contribution < 1.29 is 14.4 Å². The molecule has 0 radical (unpaired) electrons. The molecule has 0 heterocycles. The summed E-state index contributed by atoms with van der Waals surface area (Å²) in [7, 11) is 6.11. The maximum Gasteiger partial charge on any atom is 0.365 e. The highest BCUT2D eigenvalue weighted by atomic mass is 16.4. The molecule has 0 saturated heterocycles. The summed E-state index contributed by atoms with van der Waals surface area (Å²) in [5, 5.41) is 9.90. The first-order chi connectivity index (χ1) is 13.7. The Hall–Kier alpha value is -0.570. The highest BCUT2D eigenvalue weighted by molar-refractivity contribution is 5.77. The second kappa shape index (κ2) is 16.2. The molecule has 29 heavy (non-hydrogen) atoms. The van der Waals surface area contributed by atoms with Gasteiger partial charge < -0.3 is 9.59 Å². The fourth-order valence-corrected chi connectivity index (χ4v) is 4.62. The summed E-state index contributed by atoms with van der Waals surface area (Å²) >= 11 is 0. The normalized spacial score (nSPS) is 14.3. The van der Waals surface area contributed by atoms with Crippen LogP contribution < -0.4 is 0 Å². The van der Waals surface area contributed by atoms with Gasteiger partial charge in [-0.3, -0.25) is 0 Å². The second-order valence-electron chi connectivity index (χ2n) is 10.6. The van der Waals surface area contributed by atoms with Gasteiger partial charge in [-0.2, -0.15) is 0 Å². The first-order valence-electron chi connectivity index (χ1n) is 12.7. The zero-order valence-corrected chi connectivity index (χ0v) is 20.9. The van der Waals surface area contributed by atoms with E-state index < -0.39 is 11.5 Å². The fraction of sp³-hybridized carbons (Fsp3) is 0.962. The molecular weight excluding hydrogens is 358 g/mol. The number of carboxylic acids is 1. The van der Waals surface area contributed by atoms with Gasteiger partial charge in [0, 0.05) is 12.8 Å². The Labute approximate surface area is 183 Å². The van der Waals surface area contributed by atoms with E-state index in [9.17, 15) is 9.90 Å². The summed E-state index contributed by atoms with van der Waals surface area (Å²) in [4.78, 5) is 12.0. The standard InChI is InChI=1S/C26H53NO2/c1-7-22-26(25(28)29,27(4,5)6)23-20-18-16-14-12-10-8-9-11-13-15-17-19-21-24(2)3/h24H,7-23H2,1-6H3/p+1. The molecule has 174 valence electrons. The van der Waals surface area contributed by atoms with Crippen molar-refractivity contribution in [3.63, 3.8) is 0 Å². The van der Waals surface area contributed by atoms with Crippen LogP contribution in [0.3, 0.4) is 0 Å². The van der Waals surface area contributed by atoms with E-state index in [1.807, 2.05) is 21.1 Å². The third-order valence-electron chi connectivity index (χ3n) is 6.72. The Kier molecular flexibility index (Phi) is 15.8. The van der Waals surface area contributed by atoms with Gasteiger partial charge in [0.05, 0.1) is 21.1 Å². The number of rotatable bonds is 20. The van der Waals surface area contributed by atoms with Crippen LogP contribution in [0.4, 0.5) is 0 Å². The van der Waals surface area contributed by atoms with Gasteiger partial charge in [-0.15, -0.1) is 0 Å². The summed E-state index contributed by atoms with van der Waals surface area (Å²) in [6.45, 7) is 6.74. The van der Waals surface area contributed by atoms with Crippen molar-refractivity contribution in [2.45, 2.75) is 135 Å². The molecule has 0 aliphatic heterocycles. The third kappa shape index (κ3) is 12.7. The van der Waals surface area contributed by atoms with E-state index in [0.29, 0.717) is 4.48 Å². The van der Waals surface area contributed by atoms with Gasteiger partial charge in [0.2, 0.25) is 0 Å². The molecule has 1 N–H and O–H groups in total. The molecule has 0 saturated carbocycles. The van der Waals surface area contributed by atoms with Gasteiger partial charge in [-0.1, -0.05) is 104 Å². The minimum absolute atomic E-state index is 0.522. The van der Waals surface area contributed by atoms with Crippen LogP contribution in [0.2, 0.25) is 0 Å². The maximum absolute atomic E-state index is 12.0. The molecule has 1 unspecified atom stereocenters. The Morgan fingerprint density at radius 2 is 1.10 bits per heavy atom. The van der Waals surface area contributed by atoms with E-state index in [1.165, 1.54) is 83.5 Å². The van der Waals surface area contributed by atoms with Crippen LogP contribution in [0.25, 0.3) is 0 Å². The quantitative estimate of drug-likeness (QED) is 0.163. The minimum atomic E-state index is -0.621. The largest absolute Gasteiger partial charge is 0.477 e. The lowest BCUT2D eigenvalue weighted by molar-refractivity contribution is -0.915. The van der Waals surface area contributed by atoms with Gasteiger partial charge in [0.25, 0.3) is 0 Å². The average molecular weight is 413 g/mol. The van der Waals surface area contributed by atoms with Crippen molar-refractivity contribution >= 4 is 5.97 Å². The van der Waals surface area contributed by atoms with E-state index >= 15 is 0 Å². The van der Waals surface area contributed by atoms with Crippen LogP contribution in [0, 0.1) is 5.92 Å². The number of hydrogen-bond donors (Lipinski definition) is 1. The minimum Gasteiger partial charge on any atom is -0.477 e. The molecule has 3 nitrogen and oxygen atoms in total. The van der Waals surface area contributed by atoms with Crippen LogP contribution >= 0.6 is 0 Å². The SMILES string of the molecule is CCCC(CCCCCCCCCCCCCCCC(C)C)(C(=O)O)[N+](C)(C)C. The van der Waals surface area contributed by atoms with E-state index in [4.69, 9.17) is 0 Å². The first kappa shape index (κ1) is 28.4. The molecule has 0 aromatic heterocycles. The lowest BCUT2D eigenvalue weighted by Crippen LogP contribution is -2.61. The van der Waals surface area contributed by atoms with E-state index in [1.54, 1.807) is 0 Å². The van der Waals surface area contributed by atoms with Gasteiger partial charge in [0.1, 0.15) is 0 Å². The molecule has 0 aromatic rings. The molecule has 1 atom stereocenters.